The molecule has 4 aromatic rings. The van der Waals surface area contributed by atoms with Gasteiger partial charge in [-0.2, -0.15) is 0 Å². The Morgan fingerprint density at radius 1 is 1.05 bits per heavy atom. The molecular formula is C33H31ClN2O5S. The molecular weight excluding hydrogens is 572 g/mol. The van der Waals surface area contributed by atoms with Crippen molar-refractivity contribution >= 4 is 40.7 Å². The van der Waals surface area contributed by atoms with Crippen LogP contribution in [-0.2, 0) is 9.53 Å². The Morgan fingerprint density at radius 2 is 1.79 bits per heavy atom. The van der Waals surface area contributed by atoms with Gasteiger partial charge in [-0.05, 0) is 69.2 Å². The minimum absolute atomic E-state index is 0.00398. The van der Waals surface area contributed by atoms with E-state index in [1.54, 1.807) is 29.7 Å². The zero-order valence-corrected chi connectivity index (χ0v) is 25.4. The molecule has 0 fully saturated rings. The molecule has 1 aromatic heterocycles. The minimum atomic E-state index is -0.769. The fraction of sp³-hybridized carbons (Fsp3) is 0.242. The van der Waals surface area contributed by atoms with Crippen molar-refractivity contribution in [2.24, 2.45) is 4.99 Å². The summed E-state index contributed by atoms with van der Waals surface area (Å²) < 4.78 is 19.0. The molecule has 0 radical (unpaired) electrons. The van der Waals surface area contributed by atoms with Gasteiger partial charge in [-0.25, -0.2) is 9.79 Å². The summed E-state index contributed by atoms with van der Waals surface area (Å²) in [6, 6.07) is 21.5. The van der Waals surface area contributed by atoms with E-state index in [4.69, 9.17) is 30.8 Å². The largest absolute Gasteiger partial charge is 0.492 e. The summed E-state index contributed by atoms with van der Waals surface area (Å²) in [5, 5.41) is 0.455. The summed E-state index contributed by atoms with van der Waals surface area (Å²) in [7, 11) is 0. The lowest BCUT2D eigenvalue weighted by Gasteiger charge is -2.26. The number of esters is 1. The maximum atomic E-state index is 14.1. The molecule has 0 N–H and O–H groups in total. The molecule has 0 spiro atoms. The fourth-order valence-corrected chi connectivity index (χ4v) is 6.03. The number of carbonyl (C=O) groups excluding carboxylic acids is 1. The number of carbonyl (C=O) groups is 1. The van der Waals surface area contributed by atoms with Gasteiger partial charge in [0.1, 0.15) is 11.5 Å². The lowest BCUT2D eigenvalue weighted by Crippen LogP contribution is -2.40. The smallest absolute Gasteiger partial charge is 0.338 e. The molecule has 7 nitrogen and oxygen atoms in total. The van der Waals surface area contributed by atoms with E-state index in [2.05, 4.69) is 0 Å². The highest BCUT2D eigenvalue weighted by Crippen LogP contribution is 2.36. The average Bonchev–Trinajstić information content (AvgIpc) is 3.28. The highest BCUT2D eigenvalue weighted by atomic mass is 35.5. The van der Waals surface area contributed by atoms with Crippen LogP contribution in [0.2, 0.25) is 5.02 Å². The van der Waals surface area contributed by atoms with Gasteiger partial charge in [0.15, 0.2) is 4.80 Å². The maximum absolute atomic E-state index is 14.1. The van der Waals surface area contributed by atoms with Gasteiger partial charge in [0.25, 0.3) is 5.56 Å². The fourth-order valence-electron chi connectivity index (χ4n) is 4.79. The van der Waals surface area contributed by atoms with Crippen LogP contribution in [0.5, 0.6) is 11.5 Å². The van der Waals surface area contributed by atoms with Gasteiger partial charge in [-0.1, -0.05) is 71.5 Å². The SMILES string of the molecule is CCOC(=O)C1=C(c2ccccc2)N=c2s/c(=C\c3ccc(OCC)c(Cl)c3)c(=O)n2[C@H]1c1ccc(OC(C)C)cc1. The van der Waals surface area contributed by atoms with Gasteiger partial charge in [-0.15, -0.1) is 0 Å². The molecule has 42 heavy (non-hydrogen) atoms. The lowest BCUT2D eigenvalue weighted by atomic mass is 9.93. The van der Waals surface area contributed by atoms with Gasteiger partial charge >= 0.3 is 5.97 Å². The number of thiazole rings is 1. The predicted octanol–water partition coefficient (Wildman–Crippen LogP) is 5.77. The average molecular weight is 603 g/mol. The third-order valence-electron chi connectivity index (χ3n) is 6.49. The molecule has 3 aromatic carbocycles. The molecule has 0 unspecified atom stereocenters. The first-order chi connectivity index (χ1) is 20.3. The van der Waals surface area contributed by atoms with E-state index in [1.807, 2.05) is 81.4 Å². The molecule has 5 rings (SSSR count). The van der Waals surface area contributed by atoms with E-state index in [0.717, 1.165) is 16.7 Å². The summed E-state index contributed by atoms with van der Waals surface area (Å²) in [5.74, 6) is 0.743. The van der Waals surface area contributed by atoms with Crippen LogP contribution in [0.3, 0.4) is 0 Å². The quantitative estimate of drug-likeness (QED) is 0.227. The highest BCUT2D eigenvalue weighted by Gasteiger charge is 2.35. The first kappa shape index (κ1) is 29.4. The highest BCUT2D eigenvalue weighted by molar-refractivity contribution is 7.07. The molecule has 2 heterocycles. The van der Waals surface area contributed by atoms with Crippen LogP contribution >= 0.6 is 22.9 Å². The first-order valence-corrected chi connectivity index (χ1v) is 15.0. The Morgan fingerprint density at radius 3 is 2.43 bits per heavy atom. The monoisotopic (exact) mass is 602 g/mol. The lowest BCUT2D eigenvalue weighted by molar-refractivity contribution is -0.138. The standard InChI is InChI=1S/C33H31ClN2O5S/c1-5-39-26-17-12-21(18-25(26)34)19-27-31(37)36-30(23-13-15-24(16-14-23)41-20(3)4)28(32(38)40-6-2)29(35-33(36)42-27)22-10-8-7-9-11-22/h7-20,30H,5-6H2,1-4H3/b27-19-/t30-/m0/s1. The second-order valence-electron chi connectivity index (χ2n) is 9.79. The number of nitrogens with zero attached hydrogens (tertiary/aromatic N) is 2. The summed E-state index contributed by atoms with van der Waals surface area (Å²) in [4.78, 5) is 33.0. The summed E-state index contributed by atoms with van der Waals surface area (Å²) >= 11 is 7.68. The molecule has 216 valence electrons. The molecule has 1 aliphatic rings. The number of rotatable bonds is 9. The zero-order chi connectivity index (χ0) is 29.8. The Kier molecular flexibility index (Phi) is 8.94. The molecule has 0 amide bonds. The van der Waals surface area contributed by atoms with Crippen molar-refractivity contribution < 1.29 is 19.0 Å². The van der Waals surface area contributed by atoms with E-state index in [-0.39, 0.29) is 18.3 Å². The summed E-state index contributed by atoms with van der Waals surface area (Å²) in [6.45, 7) is 8.23. The van der Waals surface area contributed by atoms with Gasteiger partial charge in [0.2, 0.25) is 0 Å². The number of hydrogen-bond donors (Lipinski definition) is 0. The Labute approximate surface area is 253 Å². The van der Waals surface area contributed by atoms with E-state index in [9.17, 15) is 9.59 Å². The van der Waals surface area contributed by atoms with Gasteiger partial charge in [0, 0.05) is 5.56 Å². The Bertz CT molecular complexity index is 1810. The van der Waals surface area contributed by atoms with Gasteiger partial charge in [0.05, 0.1) is 46.2 Å². The Balaban J connectivity index is 1.75. The molecule has 1 aliphatic heterocycles. The molecule has 0 saturated heterocycles. The molecule has 9 heteroatoms. The molecule has 1 atom stereocenters. The molecule has 0 aliphatic carbocycles. The van der Waals surface area contributed by atoms with Crippen molar-refractivity contribution in [2.45, 2.75) is 39.8 Å². The van der Waals surface area contributed by atoms with Crippen LogP contribution in [0.4, 0.5) is 0 Å². The van der Waals surface area contributed by atoms with Crippen molar-refractivity contribution in [3.8, 4) is 11.5 Å². The maximum Gasteiger partial charge on any atom is 0.338 e. The van der Waals surface area contributed by atoms with Crippen molar-refractivity contribution in [2.75, 3.05) is 13.2 Å². The van der Waals surface area contributed by atoms with E-state index in [1.165, 1.54) is 11.3 Å². The predicted molar refractivity (Wildman–Crippen MR) is 166 cm³/mol. The van der Waals surface area contributed by atoms with Crippen LogP contribution < -0.4 is 24.4 Å². The first-order valence-electron chi connectivity index (χ1n) is 13.8. The minimum Gasteiger partial charge on any atom is -0.492 e. The number of ether oxygens (including phenoxy) is 3. The van der Waals surface area contributed by atoms with Crippen LogP contribution in [0.15, 0.2) is 88.2 Å². The van der Waals surface area contributed by atoms with Crippen LogP contribution in [0.1, 0.15) is 50.4 Å². The summed E-state index contributed by atoms with van der Waals surface area (Å²) in [5.41, 5.74) is 2.72. The van der Waals surface area contributed by atoms with E-state index in [0.29, 0.717) is 43.7 Å². The summed E-state index contributed by atoms with van der Waals surface area (Å²) in [6.07, 6.45) is 1.78. The van der Waals surface area contributed by atoms with Crippen LogP contribution in [-0.4, -0.2) is 29.9 Å². The van der Waals surface area contributed by atoms with Crippen molar-refractivity contribution in [3.05, 3.63) is 120 Å². The third-order valence-corrected chi connectivity index (χ3v) is 7.77. The van der Waals surface area contributed by atoms with E-state index < -0.39 is 12.0 Å². The normalized spacial score (nSPS) is 14.9. The van der Waals surface area contributed by atoms with Crippen LogP contribution in [0, 0.1) is 0 Å². The van der Waals surface area contributed by atoms with Crippen LogP contribution in [0.25, 0.3) is 11.8 Å². The number of fused-ring (bicyclic) bond motifs is 1. The third kappa shape index (κ3) is 6.05. The second kappa shape index (κ2) is 12.8. The number of halogens is 1. The second-order valence-corrected chi connectivity index (χ2v) is 11.2. The number of hydrogen-bond acceptors (Lipinski definition) is 7. The number of aromatic nitrogens is 1. The van der Waals surface area contributed by atoms with E-state index >= 15 is 0 Å². The van der Waals surface area contributed by atoms with Crippen molar-refractivity contribution in [1.82, 2.24) is 4.57 Å². The topological polar surface area (TPSA) is 79.1 Å². The number of benzene rings is 3. The molecule has 0 saturated carbocycles. The molecule has 0 bridgehead atoms. The van der Waals surface area contributed by atoms with Gasteiger partial charge < -0.3 is 14.2 Å². The van der Waals surface area contributed by atoms with Crippen molar-refractivity contribution in [1.29, 1.82) is 0 Å². The van der Waals surface area contributed by atoms with Crippen molar-refractivity contribution in [3.63, 3.8) is 0 Å². The zero-order valence-electron chi connectivity index (χ0n) is 23.8. The Hall–Kier alpha value is -4.14. The van der Waals surface area contributed by atoms with Gasteiger partial charge in [-0.3, -0.25) is 9.36 Å².